The molecule has 2 nitrogen and oxygen atoms in total. The minimum Gasteiger partial charge on any atom is -0.383 e. The molecule has 1 rings (SSSR count). The molecule has 0 saturated carbocycles. The molecule has 96 valence electrons. The summed E-state index contributed by atoms with van der Waals surface area (Å²) in [6.45, 7) is 7.17. The van der Waals surface area contributed by atoms with Crippen molar-refractivity contribution < 1.29 is 4.74 Å². The molecule has 0 saturated heterocycles. The Morgan fingerprint density at radius 1 is 1.41 bits per heavy atom. The molecule has 3 heteroatoms. The van der Waals surface area contributed by atoms with Crippen molar-refractivity contribution in [2.75, 3.05) is 26.8 Å². The third-order valence-electron chi connectivity index (χ3n) is 2.53. The van der Waals surface area contributed by atoms with E-state index in [4.69, 9.17) is 4.74 Å². The maximum atomic E-state index is 5.00. The second-order valence-electron chi connectivity index (χ2n) is 4.31. The monoisotopic (exact) mass is 253 g/mol. The van der Waals surface area contributed by atoms with Crippen LogP contribution in [-0.2, 0) is 10.5 Å². The second kappa shape index (κ2) is 8.56. The molecule has 1 unspecified atom stereocenters. The van der Waals surface area contributed by atoms with Crippen LogP contribution in [0.3, 0.4) is 0 Å². The fraction of sp³-hybridized carbons (Fsp3) is 0.571. The minimum absolute atomic E-state index is 0.632. The quantitative estimate of drug-likeness (QED) is 0.720. The van der Waals surface area contributed by atoms with Crippen molar-refractivity contribution in [2.24, 2.45) is 0 Å². The average Bonchev–Trinajstić information content (AvgIpc) is 2.32. The van der Waals surface area contributed by atoms with E-state index in [-0.39, 0.29) is 0 Å². The highest BCUT2D eigenvalue weighted by atomic mass is 32.2. The van der Waals surface area contributed by atoms with Gasteiger partial charge in [-0.05, 0) is 12.5 Å². The van der Waals surface area contributed by atoms with Crippen molar-refractivity contribution in [3.8, 4) is 0 Å². The van der Waals surface area contributed by atoms with Crippen LogP contribution in [0, 0.1) is 6.92 Å². The number of rotatable bonds is 8. The van der Waals surface area contributed by atoms with Crippen LogP contribution in [0.1, 0.15) is 18.1 Å². The fourth-order valence-corrected chi connectivity index (χ4v) is 2.47. The zero-order valence-electron chi connectivity index (χ0n) is 11.0. The number of benzene rings is 1. The smallest absolute Gasteiger partial charge is 0.0587 e. The molecule has 0 amide bonds. The molecule has 1 N–H and O–H groups in total. The Morgan fingerprint density at radius 3 is 2.94 bits per heavy atom. The van der Waals surface area contributed by atoms with Gasteiger partial charge in [-0.1, -0.05) is 36.8 Å². The van der Waals surface area contributed by atoms with Crippen LogP contribution in [0.5, 0.6) is 0 Å². The van der Waals surface area contributed by atoms with Crippen molar-refractivity contribution in [1.29, 1.82) is 0 Å². The van der Waals surface area contributed by atoms with Crippen molar-refractivity contribution in [2.45, 2.75) is 24.9 Å². The van der Waals surface area contributed by atoms with E-state index < -0.39 is 0 Å². The summed E-state index contributed by atoms with van der Waals surface area (Å²) in [5.41, 5.74) is 2.76. The van der Waals surface area contributed by atoms with Gasteiger partial charge < -0.3 is 10.1 Å². The molecule has 0 aliphatic heterocycles. The molecule has 0 fully saturated rings. The van der Waals surface area contributed by atoms with E-state index in [0.717, 1.165) is 25.4 Å². The standard InChI is InChI=1S/C14H23NOS/c1-12-5-4-6-14(9-12)11-17-13(2)10-15-7-8-16-3/h4-6,9,13,15H,7-8,10-11H2,1-3H3. The number of aryl methyl sites for hydroxylation is 1. The summed E-state index contributed by atoms with van der Waals surface area (Å²) >= 11 is 1.99. The number of hydrogen-bond acceptors (Lipinski definition) is 3. The lowest BCUT2D eigenvalue weighted by Gasteiger charge is -2.12. The van der Waals surface area contributed by atoms with Crippen molar-refractivity contribution in [3.63, 3.8) is 0 Å². The van der Waals surface area contributed by atoms with Crippen molar-refractivity contribution in [3.05, 3.63) is 35.4 Å². The topological polar surface area (TPSA) is 21.3 Å². The SMILES string of the molecule is COCCNCC(C)SCc1cccc(C)c1. The summed E-state index contributed by atoms with van der Waals surface area (Å²) in [4.78, 5) is 0. The molecule has 1 aromatic carbocycles. The van der Waals surface area contributed by atoms with E-state index in [9.17, 15) is 0 Å². The number of thioether (sulfide) groups is 1. The first kappa shape index (κ1) is 14.6. The van der Waals surface area contributed by atoms with Gasteiger partial charge in [0.1, 0.15) is 0 Å². The summed E-state index contributed by atoms with van der Waals surface area (Å²) in [6.07, 6.45) is 0. The molecule has 0 aliphatic carbocycles. The molecular formula is C14H23NOS. The predicted molar refractivity (Wildman–Crippen MR) is 76.7 cm³/mol. The number of nitrogens with one attached hydrogen (secondary N) is 1. The first-order valence-corrected chi connectivity index (χ1v) is 7.14. The van der Waals surface area contributed by atoms with Crippen molar-refractivity contribution in [1.82, 2.24) is 5.32 Å². The van der Waals surface area contributed by atoms with E-state index in [2.05, 4.69) is 43.4 Å². The normalized spacial score (nSPS) is 12.6. The summed E-state index contributed by atoms with van der Waals surface area (Å²) in [6, 6.07) is 8.74. The Labute approximate surface area is 109 Å². The number of hydrogen-bond donors (Lipinski definition) is 1. The molecule has 0 bridgehead atoms. The summed E-state index contributed by atoms with van der Waals surface area (Å²) in [5, 5.41) is 4.02. The van der Waals surface area contributed by atoms with Crippen LogP contribution in [-0.4, -0.2) is 32.1 Å². The molecular weight excluding hydrogens is 230 g/mol. The molecule has 0 spiro atoms. The fourth-order valence-electron chi connectivity index (χ4n) is 1.58. The van der Waals surface area contributed by atoms with Gasteiger partial charge in [-0.2, -0.15) is 11.8 Å². The highest BCUT2D eigenvalue weighted by Gasteiger charge is 2.02. The van der Waals surface area contributed by atoms with Gasteiger partial charge in [0.25, 0.3) is 0 Å². The molecule has 1 atom stereocenters. The lowest BCUT2D eigenvalue weighted by molar-refractivity contribution is 0.199. The molecule has 0 aromatic heterocycles. The Kier molecular flexibility index (Phi) is 7.33. The number of methoxy groups -OCH3 is 1. The van der Waals surface area contributed by atoms with Gasteiger partial charge in [0.15, 0.2) is 0 Å². The lowest BCUT2D eigenvalue weighted by atomic mass is 10.2. The predicted octanol–water partition coefficient (Wildman–Crippen LogP) is 2.85. The Morgan fingerprint density at radius 2 is 2.24 bits per heavy atom. The van der Waals surface area contributed by atoms with Gasteiger partial charge in [0.2, 0.25) is 0 Å². The summed E-state index contributed by atoms with van der Waals surface area (Å²) < 4.78 is 5.00. The highest BCUT2D eigenvalue weighted by molar-refractivity contribution is 7.99. The Bertz CT molecular complexity index is 317. The van der Waals surface area contributed by atoms with Crippen LogP contribution < -0.4 is 5.32 Å². The second-order valence-corrected chi connectivity index (χ2v) is 5.73. The first-order valence-electron chi connectivity index (χ1n) is 6.09. The van der Waals surface area contributed by atoms with Gasteiger partial charge in [-0.25, -0.2) is 0 Å². The van der Waals surface area contributed by atoms with E-state index in [0.29, 0.717) is 5.25 Å². The third kappa shape index (κ3) is 6.71. The van der Waals surface area contributed by atoms with Gasteiger partial charge in [-0.3, -0.25) is 0 Å². The van der Waals surface area contributed by atoms with E-state index in [1.807, 2.05) is 11.8 Å². The molecule has 17 heavy (non-hydrogen) atoms. The molecule has 0 heterocycles. The largest absolute Gasteiger partial charge is 0.383 e. The maximum Gasteiger partial charge on any atom is 0.0587 e. The van der Waals surface area contributed by atoms with Gasteiger partial charge in [-0.15, -0.1) is 0 Å². The Hall–Kier alpha value is -0.510. The van der Waals surface area contributed by atoms with Crippen LogP contribution in [0.2, 0.25) is 0 Å². The zero-order chi connectivity index (χ0) is 12.5. The van der Waals surface area contributed by atoms with Crippen LogP contribution in [0.4, 0.5) is 0 Å². The van der Waals surface area contributed by atoms with E-state index >= 15 is 0 Å². The van der Waals surface area contributed by atoms with Crippen LogP contribution >= 0.6 is 11.8 Å². The minimum atomic E-state index is 0.632. The third-order valence-corrected chi connectivity index (χ3v) is 3.77. The average molecular weight is 253 g/mol. The zero-order valence-corrected chi connectivity index (χ0v) is 11.8. The van der Waals surface area contributed by atoms with E-state index in [1.165, 1.54) is 11.1 Å². The summed E-state index contributed by atoms with van der Waals surface area (Å²) in [7, 11) is 1.73. The highest BCUT2D eigenvalue weighted by Crippen LogP contribution is 2.17. The van der Waals surface area contributed by atoms with Gasteiger partial charge >= 0.3 is 0 Å². The molecule has 0 aliphatic rings. The number of ether oxygens (including phenoxy) is 1. The van der Waals surface area contributed by atoms with Crippen molar-refractivity contribution >= 4 is 11.8 Å². The van der Waals surface area contributed by atoms with Crippen LogP contribution in [0.15, 0.2) is 24.3 Å². The first-order chi connectivity index (χ1) is 8.22. The van der Waals surface area contributed by atoms with Gasteiger partial charge in [0, 0.05) is 31.2 Å². The van der Waals surface area contributed by atoms with E-state index in [1.54, 1.807) is 7.11 Å². The summed E-state index contributed by atoms with van der Waals surface area (Å²) in [5.74, 6) is 1.09. The molecule has 0 radical (unpaired) electrons. The maximum absolute atomic E-state index is 5.00. The molecule has 1 aromatic rings. The van der Waals surface area contributed by atoms with Gasteiger partial charge in [0.05, 0.1) is 6.61 Å². The lowest BCUT2D eigenvalue weighted by Crippen LogP contribution is -2.26. The Balaban J connectivity index is 2.17. The van der Waals surface area contributed by atoms with Crippen LogP contribution in [0.25, 0.3) is 0 Å².